The maximum absolute atomic E-state index is 7.02. The monoisotopic (exact) mass is 140 g/mol. The second-order valence-electron chi connectivity index (χ2n) is 3.40. The van der Waals surface area contributed by atoms with Crippen molar-refractivity contribution in [2.45, 2.75) is 44.9 Å². The molecule has 1 nitrogen and oxygen atoms in total. The van der Waals surface area contributed by atoms with Crippen molar-refractivity contribution in [3.63, 3.8) is 0 Å². The standard InChI is InChI=1S/C9H18N/c10-8-4-7-9-5-2-1-3-6-9/h9-10H,1-8H2. The van der Waals surface area contributed by atoms with Crippen molar-refractivity contribution in [2.75, 3.05) is 6.54 Å². The zero-order chi connectivity index (χ0) is 7.23. The summed E-state index contributed by atoms with van der Waals surface area (Å²) in [4.78, 5) is 0. The average molecular weight is 140 g/mol. The van der Waals surface area contributed by atoms with Crippen LogP contribution >= 0.6 is 0 Å². The quantitative estimate of drug-likeness (QED) is 0.575. The van der Waals surface area contributed by atoms with Gasteiger partial charge in [-0.3, -0.25) is 5.73 Å². The average Bonchev–Trinajstić information content (AvgIpc) is 2.03. The van der Waals surface area contributed by atoms with E-state index in [1.165, 1.54) is 38.5 Å². The van der Waals surface area contributed by atoms with E-state index in [9.17, 15) is 0 Å². The van der Waals surface area contributed by atoms with E-state index in [1.54, 1.807) is 0 Å². The van der Waals surface area contributed by atoms with Crippen LogP contribution in [-0.4, -0.2) is 6.54 Å². The molecule has 0 amide bonds. The highest BCUT2D eigenvalue weighted by Crippen LogP contribution is 2.26. The highest BCUT2D eigenvalue weighted by molar-refractivity contribution is 4.65. The number of nitrogens with one attached hydrogen (secondary N) is 1. The van der Waals surface area contributed by atoms with E-state index in [4.69, 9.17) is 5.73 Å². The highest BCUT2D eigenvalue weighted by Gasteiger charge is 2.11. The van der Waals surface area contributed by atoms with Crippen molar-refractivity contribution in [3.8, 4) is 0 Å². The van der Waals surface area contributed by atoms with Crippen LogP contribution in [0.2, 0.25) is 0 Å². The van der Waals surface area contributed by atoms with Crippen molar-refractivity contribution in [1.29, 1.82) is 0 Å². The van der Waals surface area contributed by atoms with E-state index in [0.717, 1.165) is 12.3 Å². The summed E-state index contributed by atoms with van der Waals surface area (Å²) in [5.74, 6) is 0.985. The molecule has 1 aliphatic carbocycles. The molecule has 59 valence electrons. The molecule has 1 fully saturated rings. The minimum Gasteiger partial charge on any atom is -0.258 e. The zero-order valence-corrected chi connectivity index (χ0v) is 6.73. The predicted octanol–water partition coefficient (Wildman–Crippen LogP) is 2.63. The first-order chi connectivity index (χ1) is 4.93. The maximum atomic E-state index is 7.02. The van der Waals surface area contributed by atoms with Crippen LogP contribution in [0.4, 0.5) is 0 Å². The van der Waals surface area contributed by atoms with Crippen molar-refractivity contribution < 1.29 is 0 Å². The summed E-state index contributed by atoms with van der Waals surface area (Å²) in [6, 6.07) is 0. The molecule has 0 saturated heterocycles. The number of rotatable bonds is 3. The van der Waals surface area contributed by atoms with Gasteiger partial charge in [-0.1, -0.05) is 32.1 Å². The Kier molecular flexibility index (Phi) is 3.81. The van der Waals surface area contributed by atoms with Gasteiger partial charge in [0.25, 0.3) is 0 Å². The smallest absolute Gasteiger partial charge is 0.00998 e. The Hall–Kier alpha value is -0.0400. The molecule has 1 radical (unpaired) electrons. The summed E-state index contributed by atoms with van der Waals surface area (Å²) in [5, 5.41) is 0. The Morgan fingerprint density at radius 1 is 1.10 bits per heavy atom. The molecule has 0 aromatic rings. The van der Waals surface area contributed by atoms with E-state index in [2.05, 4.69) is 0 Å². The van der Waals surface area contributed by atoms with Gasteiger partial charge in [0, 0.05) is 6.54 Å². The molecule has 0 atom stereocenters. The van der Waals surface area contributed by atoms with Gasteiger partial charge in [0.15, 0.2) is 0 Å². The summed E-state index contributed by atoms with van der Waals surface area (Å²) in [6.07, 6.45) is 9.69. The van der Waals surface area contributed by atoms with E-state index in [0.29, 0.717) is 6.54 Å². The summed E-state index contributed by atoms with van der Waals surface area (Å²) < 4.78 is 0. The molecule has 1 rings (SSSR count). The number of hydrogen-bond donors (Lipinski definition) is 0. The summed E-state index contributed by atoms with van der Waals surface area (Å²) in [7, 11) is 0. The third-order valence-electron chi connectivity index (χ3n) is 2.51. The van der Waals surface area contributed by atoms with Gasteiger partial charge >= 0.3 is 0 Å². The van der Waals surface area contributed by atoms with Gasteiger partial charge in [0.1, 0.15) is 0 Å². The van der Waals surface area contributed by atoms with Crippen molar-refractivity contribution in [1.82, 2.24) is 5.73 Å². The summed E-state index contributed by atoms with van der Waals surface area (Å²) in [5.41, 5.74) is 7.02. The Labute approximate surface area is 64.0 Å². The van der Waals surface area contributed by atoms with Gasteiger partial charge in [0.05, 0.1) is 0 Å². The molecule has 1 heteroatoms. The molecule has 10 heavy (non-hydrogen) atoms. The fourth-order valence-corrected chi connectivity index (χ4v) is 1.87. The third kappa shape index (κ3) is 2.70. The van der Waals surface area contributed by atoms with Crippen LogP contribution in [-0.2, 0) is 0 Å². The van der Waals surface area contributed by atoms with E-state index >= 15 is 0 Å². The van der Waals surface area contributed by atoms with Crippen LogP contribution in [0.3, 0.4) is 0 Å². The minimum absolute atomic E-state index is 0.635. The van der Waals surface area contributed by atoms with Crippen LogP contribution in [0.5, 0.6) is 0 Å². The van der Waals surface area contributed by atoms with Crippen LogP contribution in [0.15, 0.2) is 0 Å². The van der Waals surface area contributed by atoms with E-state index in [-0.39, 0.29) is 0 Å². The van der Waals surface area contributed by atoms with Gasteiger partial charge in [0.2, 0.25) is 0 Å². The predicted molar refractivity (Wildman–Crippen MR) is 43.8 cm³/mol. The molecular formula is C9H18N. The third-order valence-corrected chi connectivity index (χ3v) is 2.51. The van der Waals surface area contributed by atoms with Crippen LogP contribution in [0.25, 0.3) is 0 Å². The molecule has 0 spiro atoms. The normalized spacial score (nSPS) is 21.3. The summed E-state index contributed by atoms with van der Waals surface area (Å²) in [6.45, 7) is 0.635. The highest BCUT2D eigenvalue weighted by atomic mass is 14.5. The Morgan fingerprint density at radius 3 is 2.40 bits per heavy atom. The molecule has 1 aliphatic rings. The van der Waals surface area contributed by atoms with Crippen LogP contribution in [0, 0.1) is 5.92 Å². The van der Waals surface area contributed by atoms with Crippen molar-refractivity contribution in [3.05, 3.63) is 0 Å². The lowest BCUT2D eigenvalue weighted by Crippen LogP contribution is -2.06. The molecule has 0 aromatic heterocycles. The lowest BCUT2D eigenvalue weighted by atomic mass is 9.86. The fraction of sp³-hybridized carbons (Fsp3) is 1.00. The summed E-state index contributed by atoms with van der Waals surface area (Å²) >= 11 is 0. The zero-order valence-electron chi connectivity index (χ0n) is 6.73. The van der Waals surface area contributed by atoms with Gasteiger partial charge in [-0.2, -0.15) is 0 Å². The molecule has 1 saturated carbocycles. The first-order valence-corrected chi connectivity index (χ1v) is 4.58. The first kappa shape index (κ1) is 8.06. The number of hydrogen-bond acceptors (Lipinski definition) is 0. The Balaban J connectivity index is 2.02. The first-order valence-electron chi connectivity index (χ1n) is 4.58. The molecule has 0 unspecified atom stereocenters. The topological polar surface area (TPSA) is 23.8 Å². The van der Waals surface area contributed by atoms with Crippen LogP contribution < -0.4 is 5.73 Å². The van der Waals surface area contributed by atoms with Gasteiger partial charge < -0.3 is 0 Å². The molecule has 0 aliphatic heterocycles. The van der Waals surface area contributed by atoms with Crippen LogP contribution in [0.1, 0.15) is 44.9 Å². The molecule has 1 N–H and O–H groups in total. The second kappa shape index (κ2) is 4.73. The van der Waals surface area contributed by atoms with E-state index < -0.39 is 0 Å². The minimum atomic E-state index is 0.635. The SMILES string of the molecule is [NH]CCCC1CCCCC1. The largest absolute Gasteiger partial charge is 0.258 e. The van der Waals surface area contributed by atoms with E-state index in [1.807, 2.05) is 0 Å². The fourth-order valence-electron chi connectivity index (χ4n) is 1.87. The maximum Gasteiger partial charge on any atom is 0.00998 e. The molecule has 0 aromatic carbocycles. The molecule has 0 bridgehead atoms. The second-order valence-corrected chi connectivity index (χ2v) is 3.40. The molecular weight excluding hydrogens is 122 g/mol. The van der Waals surface area contributed by atoms with Gasteiger partial charge in [-0.05, 0) is 18.8 Å². The van der Waals surface area contributed by atoms with Gasteiger partial charge in [-0.15, -0.1) is 0 Å². The van der Waals surface area contributed by atoms with Crippen molar-refractivity contribution in [2.24, 2.45) is 5.92 Å². The lowest BCUT2D eigenvalue weighted by molar-refractivity contribution is 0.333. The molecule has 0 heterocycles. The Bertz CT molecular complexity index is 74.8. The lowest BCUT2D eigenvalue weighted by Gasteiger charge is -2.20. The Morgan fingerprint density at radius 2 is 1.80 bits per heavy atom. The van der Waals surface area contributed by atoms with Crippen molar-refractivity contribution >= 4 is 0 Å². The van der Waals surface area contributed by atoms with Gasteiger partial charge in [-0.25, -0.2) is 0 Å².